The van der Waals surface area contributed by atoms with Crippen LogP contribution in [0.2, 0.25) is 0 Å². The Labute approximate surface area is 422 Å². The minimum Gasteiger partial charge on any atom is -0.381 e. The molecule has 14 nitrogen and oxygen atoms in total. The summed E-state index contributed by atoms with van der Waals surface area (Å²) < 4.78 is 32.8. The van der Waals surface area contributed by atoms with E-state index in [4.69, 9.17) is 14.2 Å². The van der Waals surface area contributed by atoms with Gasteiger partial charge in [-0.25, -0.2) is 9.59 Å². The highest BCUT2D eigenvalue weighted by molar-refractivity contribution is 7.51. The van der Waals surface area contributed by atoms with E-state index in [1.165, 1.54) is 169 Å². The lowest BCUT2D eigenvalue weighted by Gasteiger charge is -2.35. The number of hydrogen-bond donors (Lipinski definition) is 3. The Bertz CT molecular complexity index is 1930. The van der Waals surface area contributed by atoms with Crippen molar-refractivity contribution < 1.29 is 28.6 Å². The van der Waals surface area contributed by atoms with Crippen LogP contribution in [0.1, 0.15) is 251 Å². The molecular weight excluding hydrogens is 908 g/mol. The average molecular weight is 1010 g/mol. The number of hydrogen-bond acceptors (Lipinski definition) is 8. The lowest BCUT2D eigenvalue weighted by Crippen LogP contribution is -2.49. The van der Waals surface area contributed by atoms with Crippen LogP contribution in [0.4, 0.5) is 0 Å². The number of aromatic nitrogens is 4. The fraction of sp³-hybridized carbons (Fsp3) is 0.855. The van der Waals surface area contributed by atoms with E-state index >= 15 is 0 Å². The van der Waals surface area contributed by atoms with Gasteiger partial charge in [-0.3, -0.25) is 32.8 Å². The highest BCUT2D eigenvalue weighted by atomic mass is 31.2. The Morgan fingerprint density at radius 1 is 0.529 bits per heavy atom. The maximum Gasteiger partial charge on any atom is 0.350 e. The molecule has 0 spiro atoms. The molecule has 2 heterocycles. The fourth-order valence-electron chi connectivity index (χ4n) is 9.79. The molecule has 3 N–H and O–H groups in total. The Morgan fingerprint density at radius 3 is 1.37 bits per heavy atom. The monoisotopic (exact) mass is 1010 g/mol. The number of H-pyrrole nitrogens is 1. The van der Waals surface area contributed by atoms with Gasteiger partial charge in [-0.05, 0) is 51.9 Å². The zero-order valence-electron chi connectivity index (χ0n) is 45.0. The molecule has 0 unspecified atom stereocenters. The van der Waals surface area contributed by atoms with Gasteiger partial charge in [0.15, 0.2) is 0 Å². The van der Waals surface area contributed by atoms with Gasteiger partial charge in [0.05, 0.1) is 18.7 Å². The Kier molecular flexibility index (Phi) is 35.3. The lowest BCUT2D eigenvalue weighted by molar-refractivity contribution is 0.119. The second-order valence-corrected chi connectivity index (χ2v) is 21.7. The molecule has 0 amide bonds. The van der Waals surface area contributed by atoms with E-state index in [1.54, 1.807) is 6.92 Å². The van der Waals surface area contributed by atoms with Gasteiger partial charge in [0.1, 0.15) is 12.2 Å². The third kappa shape index (κ3) is 25.9. The third-order valence-corrected chi connectivity index (χ3v) is 14.8. The van der Waals surface area contributed by atoms with Gasteiger partial charge < -0.3 is 24.0 Å². The Balaban J connectivity index is 2.13. The predicted octanol–water partition coefficient (Wildman–Crippen LogP) is 12.5. The van der Waals surface area contributed by atoms with E-state index in [0.717, 1.165) is 30.3 Å². The molecule has 0 saturated carbocycles. The number of nitrogens with zero attached hydrogens (tertiary/aromatic N) is 3. The van der Waals surface area contributed by atoms with Gasteiger partial charge in [-0.1, -0.05) is 195 Å². The topological polar surface area (TPSA) is 184 Å². The lowest BCUT2D eigenvalue weighted by atomic mass is 9.72. The Hall–Kier alpha value is -2.61. The zero-order chi connectivity index (χ0) is 51.3. The van der Waals surface area contributed by atoms with Crippen LogP contribution in [0.3, 0.4) is 0 Å². The number of rotatable bonds is 47. The van der Waals surface area contributed by atoms with Crippen LogP contribution in [0.25, 0.3) is 5.82 Å². The quantitative estimate of drug-likeness (QED) is 0.0426. The summed E-state index contributed by atoms with van der Waals surface area (Å²) in [5, 5.41) is 0. The van der Waals surface area contributed by atoms with Crippen LogP contribution in [0, 0.1) is 6.92 Å². The molecule has 0 bridgehead atoms. The number of ether oxygens (including phenoxy) is 3. The number of nitrogens with one attached hydrogen (secondary N) is 1. The normalized spacial score (nSPS) is 12.2. The average Bonchev–Trinajstić information content (AvgIpc) is 3.33. The first-order valence-corrected chi connectivity index (χ1v) is 30.2. The van der Waals surface area contributed by atoms with E-state index in [1.807, 2.05) is 13.8 Å². The van der Waals surface area contributed by atoms with Crippen LogP contribution in [-0.2, 0) is 37.3 Å². The fourth-order valence-corrected chi connectivity index (χ4v) is 10.2. The summed E-state index contributed by atoms with van der Waals surface area (Å²) in [5.74, 6) is 0.0245. The summed E-state index contributed by atoms with van der Waals surface area (Å²) in [4.78, 5) is 77.1. The zero-order valence-corrected chi connectivity index (χ0v) is 45.9. The van der Waals surface area contributed by atoms with Gasteiger partial charge in [-0.15, -0.1) is 0 Å². The van der Waals surface area contributed by atoms with Gasteiger partial charge in [-0.2, -0.15) is 0 Å². The predicted molar refractivity (Wildman–Crippen MR) is 287 cm³/mol. The van der Waals surface area contributed by atoms with E-state index < -0.39 is 41.9 Å². The van der Waals surface area contributed by atoms with Crippen molar-refractivity contribution in [1.82, 2.24) is 18.7 Å². The van der Waals surface area contributed by atoms with Crippen LogP contribution in [0.15, 0.2) is 25.4 Å². The first-order valence-electron chi connectivity index (χ1n) is 28.4. The molecule has 2 aromatic heterocycles. The minimum atomic E-state index is -4.52. The minimum absolute atomic E-state index is 0.0245. The first-order chi connectivity index (χ1) is 33.9. The summed E-state index contributed by atoms with van der Waals surface area (Å²) in [7, 11) is -4.52. The smallest absolute Gasteiger partial charge is 0.350 e. The molecule has 0 aliphatic carbocycles. The van der Waals surface area contributed by atoms with Crippen molar-refractivity contribution in [3.05, 3.63) is 59.0 Å². The van der Waals surface area contributed by atoms with E-state index in [-0.39, 0.29) is 36.6 Å². The van der Waals surface area contributed by atoms with E-state index in [0.29, 0.717) is 58.5 Å². The highest BCUT2D eigenvalue weighted by Crippen LogP contribution is 2.38. The SMILES string of the molecule is CCCCCCCCCCCCCCCCOCCCn1c(=O)c(C(CC)(CC)CCCOCCCCCCCCCCCCCCCC)c(-n2cc(C)c(=O)[nH]c2=O)n(CCOCP(=O)(O)O)c1=O. The summed E-state index contributed by atoms with van der Waals surface area (Å²) in [6.07, 6.45) is 39.0. The maximum atomic E-state index is 15.0. The number of unbranched alkanes of at least 4 members (excludes halogenated alkanes) is 26. The summed E-state index contributed by atoms with van der Waals surface area (Å²) in [6, 6.07) is 0. The molecule has 406 valence electrons. The van der Waals surface area contributed by atoms with Gasteiger partial charge in [0.2, 0.25) is 0 Å². The molecule has 0 fully saturated rings. The van der Waals surface area contributed by atoms with Crippen molar-refractivity contribution in [2.45, 2.75) is 265 Å². The first kappa shape index (κ1) is 63.5. The number of aromatic amines is 1. The molecule has 0 radical (unpaired) electrons. The molecule has 2 rings (SSSR count). The van der Waals surface area contributed by atoms with Crippen molar-refractivity contribution in [2.24, 2.45) is 0 Å². The number of aryl methyl sites for hydroxylation is 1. The van der Waals surface area contributed by atoms with Crippen LogP contribution in [0.5, 0.6) is 0 Å². The van der Waals surface area contributed by atoms with Crippen molar-refractivity contribution >= 4 is 7.60 Å². The molecule has 0 atom stereocenters. The molecule has 70 heavy (non-hydrogen) atoms. The largest absolute Gasteiger partial charge is 0.381 e. The second kappa shape index (κ2) is 38.9. The molecular formula is C55H101N4O10P. The van der Waals surface area contributed by atoms with Gasteiger partial charge >= 0.3 is 19.0 Å². The van der Waals surface area contributed by atoms with Gasteiger partial charge in [0.25, 0.3) is 11.1 Å². The van der Waals surface area contributed by atoms with Gasteiger partial charge in [0, 0.05) is 50.1 Å². The van der Waals surface area contributed by atoms with E-state index in [9.17, 15) is 33.5 Å². The molecule has 0 saturated heterocycles. The Morgan fingerprint density at radius 2 is 0.943 bits per heavy atom. The van der Waals surface area contributed by atoms with Crippen LogP contribution >= 0.6 is 7.60 Å². The van der Waals surface area contributed by atoms with Crippen molar-refractivity contribution in [3.8, 4) is 5.82 Å². The molecule has 0 aromatic carbocycles. The maximum absolute atomic E-state index is 15.0. The summed E-state index contributed by atoms with van der Waals surface area (Å²) >= 11 is 0. The van der Waals surface area contributed by atoms with Crippen molar-refractivity contribution in [2.75, 3.05) is 39.4 Å². The third-order valence-electron chi connectivity index (χ3n) is 14.2. The molecule has 15 heteroatoms. The van der Waals surface area contributed by atoms with Crippen LogP contribution in [-0.4, -0.2) is 67.9 Å². The standard InChI is InChI=1S/C55H101N4O10P/c1-6-10-12-14-16-18-20-22-24-26-28-30-32-34-41-67-43-36-38-55(8-3,9-4)49-51(59-46-48(5)50(60)56-53(59)62)57(40-45-69-47-70(64,65)66)54(63)58(52(49)61)39-37-44-68-42-35-33-31-29-27-25-23-21-19-17-15-13-11-7-2/h46H,6-45,47H2,1-5H3,(H,56,60,62)(H2,64,65,66). The summed E-state index contributed by atoms with van der Waals surface area (Å²) in [6.45, 7) is 11.7. The summed E-state index contributed by atoms with van der Waals surface area (Å²) in [5.41, 5.74) is -2.92. The highest BCUT2D eigenvalue weighted by Gasteiger charge is 2.37. The second-order valence-electron chi connectivity index (χ2n) is 20.1. The van der Waals surface area contributed by atoms with E-state index in [2.05, 4.69) is 18.8 Å². The molecule has 0 aliphatic rings. The van der Waals surface area contributed by atoms with Crippen molar-refractivity contribution in [1.29, 1.82) is 0 Å². The van der Waals surface area contributed by atoms with Crippen LogP contribution < -0.4 is 22.5 Å². The molecule has 2 aromatic rings. The van der Waals surface area contributed by atoms with Crippen molar-refractivity contribution in [3.63, 3.8) is 0 Å². The molecule has 0 aliphatic heterocycles.